The van der Waals surface area contributed by atoms with E-state index in [0.717, 1.165) is 69.5 Å². The Morgan fingerprint density at radius 2 is 1.54 bits per heavy atom. The molecule has 4 aliphatic heterocycles. The van der Waals surface area contributed by atoms with Gasteiger partial charge in [0.1, 0.15) is 5.75 Å². The number of para-hydroxylation sites is 1. The molecule has 0 bridgehead atoms. The molecule has 0 spiro atoms. The van der Waals surface area contributed by atoms with Crippen LogP contribution in [-0.2, 0) is 31.9 Å². The van der Waals surface area contributed by atoms with E-state index in [1.54, 1.807) is 4.90 Å². The van der Waals surface area contributed by atoms with E-state index in [2.05, 4.69) is 54.0 Å². The van der Waals surface area contributed by atoms with E-state index in [0.29, 0.717) is 52.5 Å². The number of methoxy groups -OCH3 is 1. The zero-order valence-corrected chi connectivity index (χ0v) is 32.9. The number of anilines is 1. The Bertz CT molecular complexity index is 1610. The molecular formula is C36H49Br2N5O6S. The number of urea groups is 1. The van der Waals surface area contributed by atoms with E-state index in [-0.39, 0.29) is 35.7 Å². The predicted molar refractivity (Wildman–Crippen MR) is 205 cm³/mol. The van der Waals surface area contributed by atoms with E-state index < -0.39 is 9.52 Å². The van der Waals surface area contributed by atoms with Gasteiger partial charge < -0.3 is 29.9 Å². The van der Waals surface area contributed by atoms with Crippen molar-refractivity contribution in [3.8, 4) is 5.75 Å². The lowest BCUT2D eigenvalue weighted by atomic mass is 9.97. The molecule has 14 heteroatoms. The highest BCUT2D eigenvalue weighted by molar-refractivity contribution is 9.11. The molecule has 0 aromatic heterocycles. The van der Waals surface area contributed by atoms with Gasteiger partial charge in [0.25, 0.3) is 0 Å². The normalized spacial score (nSPS) is 20.9. The predicted octanol–water partition coefficient (Wildman–Crippen LogP) is 5.43. The van der Waals surface area contributed by atoms with Crippen molar-refractivity contribution in [2.75, 3.05) is 69.7 Å². The number of fused-ring (bicyclic) bond motifs is 1. The summed E-state index contributed by atoms with van der Waals surface area (Å²) in [6.07, 6.45) is 4.75. The van der Waals surface area contributed by atoms with Crippen LogP contribution in [0.5, 0.6) is 5.75 Å². The second-order valence-corrected chi connectivity index (χ2v) is 18.2. The summed E-state index contributed by atoms with van der Waals surface area (Å²) in [5, 5.41) is 12.8. The summed E-state index contributed by atoms with van der Waals surface area (Å²) < 4.78 is 18.1. The van der Waals surface area contributed by atoms with Crippen LogP contribution in [0, 0.1) is 5.92 Å². The summed E-state index contributed by atoms with van der Waals surface area (Å²) in [5.74, 6) is 5.50. The number of phenolic OH excluding ortho intramolecular Hbond substituents is 1. The second-order valence-electron chi connectivity index (χ2n) is 13.7. The molecule has 1 atom stereocenters. The van der Waals surface area contributed by atoms with E-state index in [9.17, 15) is 23.7 Å². The Morgan fingerprint density at radius 1 is 0.960 bits per heavy atom. The first-order valence-electron chi connectivity index (χ1n) is 17.4. The fraction of sp³-hybridized carbons (Fsp3) is 0.556. The Kier molecular flexibility index (Phi) is 13.2. The van der Waals surface area contributed by atoms with Gasteiger partial charge in [-0.1, -0.05) is 25.1 Å². The minimum Gasteiger partial charge on any atom is -0.506 e. The molecule has 11 nitrogen and oxygen atoms in total. The summed E-state index contributed by atoms with van der Waals surface area (Å²) >= 11 is 6.70. The summed E-state index contributed by atoms with van der Waals surface area (Å²) in [5.41, 5.74) is 3.09. The number of carbonyl (C=O) groups excluding carboxylic acids is 3. The first kappa shape index (κ1) is 38.4. The fourth-order valence-electron chi connectivity index (χ4n) is 7.31. The van der Waals surface area contributed by atoms with Crippen LogP contribution in [0.2, 0.25) is 0 Å². The van der Waals surface area contributed by atoms with Crippen LogP contribution < -0.4 is 5.32 Å². The smallest absolute Gasteiger partial charge is 0.409 e. The number of amides is 4. The number of likely N-dealkylation sites (tertiary alicyclic amines) is 2. The van der Waals surface area contributed by atoms with Gasteiger partial charge in [0, 0.05) is 81.0 Å². The van der Waals surface area contributed by atoms with Gasteiger partial charge in [-0.05, 0) is 115 Å². The molecule has 50 heavy (non-hydrogen) atoms. The van der Waals surface area contributed by atoms with Gasteiger partial charge in [-0.25, -0.2) is 9.59 Å². The monoisotopic (exact) mass is 837 g/mol. The molecule has 4 aliphatic rings. The number of hydrogen-bond acceptors (Lipinski definition) is 7. The van der Waals surface area contributed by atoms with Gasteiger partial charge in [-0.2, -0.15) is 0 Å². The molecule has 6 rings (SSSR count). The van der Waals surface area contributed by atoms with E-state index in [1.165, 1.54) is 12.7 Å². The average molecular weight is 840 g/mol. The van der Waals surface area contributed by atoms with Crippen LogP contribution in [0.1, 0.15) is 43.7 Å². The van der Waals surface area contributed by atoms with Crippen LogP contribution in [0.15, 0.2) is 45.3 Å². The first-order chi connectivity index (χ1) is 23.8. The third-order valence-corrected chi connectivity index (χ3v) is 13.4. The zero-order chi connectivity index (χ0) is 36.0. The molecule has 0 radical (unpaired) electrons. The number of aromatic hydroxyl groups is 1. The largest absolute Gasteiger partial charge is 0.506 e. The maximum atomic E-state index is 12.9. The topological polar surface area (TPSA) is 123 Å². The van der Waals surface area contributed by atoms with Crippen molar-refractivity contribution in [2.45, 2.75) is 57.5 Å². The van der Waals surface area contributed by atoms with Gasteiger partial charge in [0.15, 0.2) is 0 Å². The molecule has 4 amide bonds. The van der Waals surface area contributed by atoms with E-state index in [1.807, 2.05) is 47.1 Å². The highest BCUT2D eigenvalue weighted by Crippen LogP contribution is 2.34. The molecule has 3 fully saturated rings. The summed E-state index contributed by atoms with van der Waals surface area (Å²) in [6.45, 7) is 7.25. The molecule has 2 aromatic carbocycles. The molecule has 2 aromatic rings. The molecule has 3 saturated heterocycles. The van der Waals surface area contributed by atoms with Gasteiger partial charge in [-0.3, -0.25) is 13.9 Å². The number of hydrogen-bond donors (Lipinski definition) is 2. The minimum atomic E-state index is -1.86. The Labute approximate surface area is 312 Å². The van der Waals surface area contributed by atoms with Crippen molar-refractivity contribution < 1.29 is 28.4 Å². The molecular weight excluding hydrogens is 790 g/mol. The van der Waals surface area contributed by atoms with Crippen LogP contribution >= 0.6 is 31.9 Å². The maximum Gasteiger partial charge on any atom is 0.409 e. The van der Waals surface area contributed by atoms with Crippen LogP contribution in [0.25, 0.3) is 0 Å². The number of rotatable bonds is 5. The Hall–Kier alpha value is -2.81. The lowest BCUT2D eigenvalue weighted by molar-refractivity contribution is -0.136. The lowest BCUT2D eigenvalue weighted by Crippen LogP contribution is -2.51. The average Bonchev–Trinajstić information content (AvgIpc) is 3.28. The molecule has 0 aliphatic carbocycles. The number of ether oxygens (including phenoxy) is 1. The van der Waals surface area contributed by atoms with Crippen molar-refractivity contribution >= 4 is 71.0 Å². The standard InChI is InChI=1S/C20H28Br2N2O3S.C16H21N3O3/c1-14(11-15-12-17(21)19(25)18(22)13-15)20(26)24-5-3-16(4-6-24)23-7-9-28(2,27)10-8-23;1-22-16(21)18-9-7-13(8-10-18)19-11-6-12-4-2-3-5-14(12)17-15(19)20/h12-14,16,25H,2-11H2,1H3;2-5,13H,6-11H2,1H3,(H,17,20)/t14-;/m1./s1. The summed E-state index contributed by atoms with van der Waals surface area (Å²) in [6, 6.07) is 12.3. The minimum absolute atomic E-state index is 0.0403. The van der Waals surface area contributed by atoms with Crippen molar-refractivity contribution in [1.82, 2.24) is 19.6 Å². The molecule has 0 saturated carbocycles. The van der Waals surface area contributed by atoms with Crippen LogP contribution in [-0.4, -0.2) is 129 Å². The van der Waals surface area contributed by atoms with Crippen molar-refractivity contribution in [3.05, 3.63) is 56.5 Å². The van der Waals surface area contributed by atoms with Crippen LogP contribution in [0.3, 0.4) is 0 Å². The molecule has 274 valence electrons. The molecule has 4 heterocycles. The van der Waals surface area contributed by atoms with Crippen molar-refractivity contribution in [2.24, 2.45) is 5.92 Å². The number of phenols is 1. The summed E-state index contributed by atoms with van der Waals surface area (Å²) in [7, 11) is -0.460. The van der Waals surface area contributed by atoms with Crippen molar-refractivity contribution in [3.63, 3.8) is 0 Å². The molecule has 2 N–H and O–H groups in total. The van der Waals surface area contributed by atoms with E-state index >= 15 is 0 Å². The highest BCUT2D eigenvalue weighted by atomic mass is 79.9. The van der Waals surface area contributed by atoms with Gasteiger partial charge in [-0.15, -0.1) is 0 Å². The summed E-state index contributed by atoms with van der Waals surface area (Å²) in [4.78, 5) is 44.9. The Morgan fingerprint density at radius 3 is 2.16 bits per heavy atom. The van der Waals surface area contributed by atoms with Gasteiger partial charge >= 0.3 is 12.1 Å². The maximum absolute atomic E-state index is 12.9. The number of halogens is 2. The Balaban J connectivity index is 0.000000200. The SMILES string of the molecule is C=S1(=O)CCN(C2CCN(C(=O)[C@H](C)Cc3cc(Br)c(O)c(Br)c3)CC2)CC1.COC(=O)N1CCC(N2CCc3ccccc3NC2=O)CC1. The highest BCUT2D eigenvalue weighted by Gasteiger charge is 2.32. The number of nitrogens with one attached hydrogen (secondary N) is 1. The van der Waals surface area contributed by atoms with Gasteiger partial charge in [0.05, 0.1) is 16.1 Å². The number of benzene rings is 2. The third kappa shape index (κ3) is 9.74. The van der Waals surface area contributed by atoms with Crippen LogP contribution in [0.4, 0.5) is 15.3 Å². The quantitative estimate of drug-likeness (QED) is 0.386. The van der Waals surface area contributed by atoms with Crippen molar-refractivity contribution in [1.29, 1.82) is 0 Å². The van der Waals surface area contributed by atoms with E-state index in [4.69, 9.17) is 4.74 Å². The lowest BCUT2D eigenvalue weighted by Gasteiger charge is -2.41. The first-order valence-corrected chi connectivity index (χ1v) is 21.0. The van der Waals surface area contributed by atoms with Gasteiger partial charge in [0.2, 0.25) is 5.91 Å². The number of piperidine rings is 2. The zero-order valence-electron chi connectivity index (χ0n) is 29.0. The molecule has 0 unspecified atom stereocenters. The third-order valence-electron chi connectivity index (χ3n) is 10.3. The fourth-order valence-corrected chi connectivity index (χ4v) is 9.93. The second kappa shape index (κ2) is 17.1. The number of nitrogens with zero attached hydrogens (tertiary/aromatic N) is 4. The number of carbonyl (C=O) groups is 3.